The smallest absolute Gasteiger partial charge is 0.313 e. The second kappa shape index (κ2) is 19.5. The first-order valence-electron chi connectivity index (χ1n) is 17.5. The Morgan fingerprint density at radius 3 is 1.77 bits per heavy atom. The number of sulfonamides is 1. The second-order valence-corrected chi connectivity index (χ2v) is 15.2. The van der Waals surface area contributed by atoms with Gasteiger partial charge in [0.15, 0.2) is 0 Å². The lowest BCUT2D eigenvalue weighted by molar-refractivity contribution is -0.384. The Hall–Kier alpha value is -5.61. The number of nitro groups is 1. The van der Waals surface area contributed by atoms with Gasteiger partial charge in [-0.3, -0.25) is 14.9 Å². The van der Waals surface area contributed by atoms with Crippen molar-refractivity contribution in [3.63, 3.8) is 0 Å². The summed E-state index contributed by atoms with van der Waals surface area (Å²) in [6.45, 7) is 1.29. The maximum Gasteiger partial charge on any atom is 0.313 e. The number of nitrogens with zero attached hydrogens (tertiary/aromatic N) is 2. The molecular weight excluding hydrogens is 783 g/mol. The van der Waals surface area contributed by atoms with Gasteiger partial charge in [0.2, 0.25) is 10.0 Å². The molecule has 0 fully saturated rings. The van der Waals surface area contributed by atoms with Gasteiger partial charge in [-0.1, -0.05) is 72.8 Å². The van der Waals surface area contributed by atoms with Crippen LogP contribution in [0.3, 0.4) is 0 Å². The maximum atomic E-state index is 14.5. The Morgan fingerprint density at radius 2 is 1.26 bits per heavy atom. The van der Waals surface area contributed by atoms with Crippen LogP contribution in [-0.2, 0) is 14.8 Å². The predicted molar refractivity (Wildman–Crippen MR) is 213 cm³/mol. The number of aliphatic carboxylic acids is 1. The number of nitrogens with one attached hydrogen (secondary N) is 1. The standard InChI is InChI=1S/C23H18F2N2O4S.C17H15F2N.C2H4O2S/c24-19-6-11-23(25)22(13-19)18-12-17(16-4-2-1-3-5-16)14-26(15-18)32(30,31)21-9-7-20(8-10-21)27(28)29;18-15-6-7-17(19)16(9-15)14-8-13(10-20-11-14)12-4-2-1-3-5-12;3-2(4)1-5/h1-13,17H,14-15H2;1-9,13,20H,10-11H2;5H,1H2,(H,3,4). The van der Waals surface area contributed by atoms with Crippen LogP contribution in [0.2, 0.25) is 0 Å². The third kappa shape index (κ3) is 11.3. The molecule has 2 aliphatic heterocycles. The first-order valence-corrected chi connectivity index (χ1v) is 19.5. The van der Waals surface area contributed by atoms with E-state index in [1.807, 2.05) is 66.7 Å². The molecule has 0 spiro atoms. The average Bonchev–Trinajstić information content (AvgIpc) is 3.23. The van der Waals surface area contributed by atoms with Crippen LogP contribution in [0.5, 0.6) is 0 Å². The number of carbonyl (C=O) groups is 1. The topological polar surface area (TPSA) is 130 Å². The molecule has 5 aromatic rings. The van der Waals surface area contributed by atoms with Crippen LogP contribution in [0, 0.1) is 33.4 Å². The summed E-state index contributed by atoms with van der Waals surface area (Å²) in [5.41, 5.74) is 3.26. The van der Waals surface area contributed by atoms with Gasteiger partial charge in [0.05, 0.1) is 15.6 Å². The van der Waals surface area contributed by atoms with Gasteiger partial charge in [0.1, 0.15) is 23.3 Å². The molecule has 5 aromatic carbocycles. The quantitative estimate of drug-likeness (QED) is 0.0620. The van der Waals surface area contributed by atoms with Gasteiger partial charge in [-0.05, 0) is 70.8 Å². The molecule has 0 saturated carbocycles. The lowest BCUT2D eigenvalue weighted by Crippen LogP contribution is -2.38. The van der Waals surface area contributed by atoms with Gasteiger partial charge in [-0.2, -0.15) is 16.9 Å². The fourth-order valence-corrected chi connectivity index (χ4v) is 7.72. The molecule has 2 N–H and O–H groups in total. The highest BCUT2D eigenvalue weighted by molar-refractivity contribution is 7.89. The zero-order chi connectivity index (χ0) is 41.1. The van der Waals surface area contributed by atoms with Crippen molar-refractivity contribution in [2.24, 2.45) is 0 Å². The van der Waals surface area contributed by atoms with E-state index in [0.29, 0.717) is 17.7 Å². The van der Waals surface area contributed by atoms with E-state index in [1.165, 1.54) is 34.1 Å². The van der Waals surface area contributed by atoms with Crippen molar-refractivity contribution < 1.29 is 40.8 Å². The van der Waals surface area contributed by atoms with Crippen molar-refractivity contribution in [2.75, 3.05) is 31.9 Å². The van der Waals surface area contributed by atoms with Gasteiger partial charge < -0.3 is 10.4 Å². The van der Waals surface area contributed by atoms with Crippen LogP contribution in [0.4, 0.5) is 23.2 Å². The van der Waals surface area contributed by atoms with E-state index in [4.69, 9.17) is 5.11 Å². The van der Waals surface area contributed by atoms with E-state index in [9.17, 15) is 40.9 Å². The van der Waals surface area contributed by atoms with E-state index in [-0.39, 0.29) is 46.7 Å². The molecule has 15 heteroatoms. The van der Waals surface area contributed by atoms with E-state index >= 15 is 0 Å². The summed E-state index contributed by atoms with van der Waals surface area (Å²) < 4.78 is 83.4. The summed E-state index contributed by atoms with van der Waals surface area (Å²) in [5.74, 6) is -3.25. The van der Waals surface area contributed by atoms with Crippen molar-refractivity contribution in [2.45, 2.75) is 16.7 Å². The average molecular weight is 820 g/mol. The van der Waals surface area contributed by atoms with Crippen molar-refractivity contribution in [3.05, 3.63) is 189 Å². The molecule has 2 atom stereocenters. The number of hydrogen-bond donors (Lipinski definition) is 3. The molecule has 2 aliphatic rings. The highest BCUT2D eigenvalue weighted by atomic mass is 32.2. The molecule has 0 saturated heterocycles. The largest absolute Gasteiger partial charge is 0.481 e. The van der Waals surface area contributed by atoms with E-state index in [0.717, 1.165) is 54.1 Å². The number of carboxylic acids is 1. The molecular formula is C42H37F4N3O6S2. The maximum absolute atomic E-state index is 14.5. The SMILES string of the molecule is Fc1ccc(F)c(C2=CC(c3ccccc3)CNC2)c1.O=C(O)CS.O=[N+]([O-])c1ccc(S(=O)(=O)N2CC(c3cc(F)ccc3F)=CC(c3ccccc3)C2)cc1. The molecule has 9 nitrogen and oxygen atoms in total. The summed E-state index contributed by atoms with van der Waals surface area (Å²) in [6, 6.07) is 30.4. The number of hydrogen-bond acceptors (Lipinski definition) is 7. The lowest BCUT2D eigenvalue weighted by Gasteiger charge is -2.32. The highest BCUT2D eigenvalue weighted by Gasteiger charge is 2.33. The van der Waals surface area contributed by atoms with Crippen LogP contribution in [0.15, 0.2) is 138 Å². The summed E-state index contributed by atoms with van der Waals surface area (Å²) in [4.78, 5) is 19.5. The Balaban J connectivity index is 0.000000211. The summed E-state index contributed by atoms with van der Waals surface area (Å²) in [5, 5.41) is 21.8. The molecule has 0 bridgehead atoms. The first kappa shape index (κ1) is 42.5. The molecule has 296 valence electrons. The molecule has 2 heterocycles. The van der Waals surface area contributed by atoms with Crippen LogP contribution in [0.25, 0.3) is 11.1 Å². The van der Waals surface area contributed by atoms with Crippen molar-refractivity contribution in [1.82, 2.24) is 9.62 Å². The number of benzene rings is 5. The molecule has 0 aromatic heterocycles. The molecule has 57 heavy (non-hydrogen) atoms. The predicted octanol–water partition coefficient (Wildman–Crippen LogP) is 8.48. The number of halogens is 4. The zero-order valence-corrected chi connectivity index (χ0v) is 31.9. The van der Waals surface area contributed by atoms with Gasteiger partial charge >= 0.3 is 5.97 Å². The highest BCUT2D eigenvalue weighted by Crippen LogP contribution is 2.34. The van der Waals surface area contributed by atoms with Crippen LogP contribution in [0.1, 0.15) is 34.1 Å². The fraction of sp³-hybridized carbons (Fsp3) is 0.167. The summed E-state index contributed by atoms with van der Waals surface area (Å²) in [6.07, 6.45) is 3.79. The van der Waals surface area contributed by atoms with Gasteiger partial charge in [-0.25, -0.2) is 26.0 Å². The van der Waals surface area contributed by atoms with Crippen LogP contribution in [-0.4, -0.2) is 60.7 Å². The van der Waals surface area contributed by atoms with Crippen molar-refractivity contribution >= 4 is 45.5 Å². The van der Waals surface area contributed by atoms with Crippen LogP contribution < -0.4 is 5.32 Å². The minimum atomic E-state index is -4.06. The Labute approximate surface area is 332 Å². The van der Waals surface area contributed by atoms with E-state index in [2.05, 4.69) is 17.9 Å². The lowest BCUT2D eigenvalue weighted by atomic mass is 9.91. The minimum Gasteiger partial charge on any atom is -0.481 e. The zero-order valence-electron chi connectivity index (χ0n) is 30.1. The van der Waals surface area contributed by atoms with Crippen molar-refractivity contribution in [3.8, 4) is 0 Å². The summed E-state index contributed by atoms with van der Waals surface area (Å²) >= 11 is 3.42. The van der Waals surface area contributed by atoms with Gasteiger partial charge in [-0.15, -0.1) is 0 Å². The van der Waals surface area contributed by atoms with Crippen LogP contribution >= 0.6 is 12.6 Å². The van der Waals surface area contributed by atoms with Gasteiger partial charge in [0, 0.05) is 61.3 Å². The second-order valence-electron chi connectivity index (χ2n) is 12.9. The van der Waals surface area contributed by atoms with E-state index in [1.54, 1.807) is 6.08 Å². The third-order valence-corrected chi connectivity index (χ3v) is 11.2. The first-order chi connectivity index (χ1) is 27.3. The third-order valence-electron chi connectivity index (χ3n) is 9.06. The summed E-state index contributed by atoms with van der Waals surface area (Å²) in [7, 11) is -4.06. The van der Waals surface area contributed by atoms with E-state index < -0.39 is 44.3 Å². The number of nitro benzene ring substituents is 1. The molecule has 0 aliphatic carbocycles. The van der Waals surface area contributed by atoms with Gasteiger partial charge in [0.25, 0.3) is 5.69 Å². The Kier molecular flexibility index (Phi) is 14.6. The number of thiol groups is 1. The number of non-ortho nitro benzene ring substituents is 1. The normalized spacial score (nSPS) is 16.8. The molecule has 2 unspecified atom stereocenters. The Bertz CT molecular complexity index is 2370. The van der Waals surface area contributed by atoms with Crippen molar-refractivity contribution in [1.29, 1.82) is 0 Å². The Morgan fingerprint density at radius 1 is 0.772 bits per heavy atom. The number of rotatable bonds is 8. The number of carboxylic acid groups (broad SMARTS) is 1. The monoisotopic (exact) mass is 819 g/mol. The minimum absolute atomic E-state index is 0.00506. The molecule has 7 rings (SSSR count). The molecule has 0 radical (unpaired) electrons. The molecule has 0 amide bonds. The fourth-order valence-electron chi connectivity index (χ4n) is 6.28.